The number of hydrogen-bond donors (Lipinski definition) is 1. The monoisotopic (exact) mass is 442 g/mol. The van der Waals surface area contributed by atoms with Gasteiger partial charge in [0, 0.05) is 19.4 Å². The number of aromatic nitrogens is 3. The normalized spacial score (nSPS) is 12.6. The molecule has 0 saturated carbocycles. The van der Waals surface area contributed by atoms with Crippen molar-refractivity contribution in [2.75, 3.05) is 13.8 Å². The predicted octanol–water partition coefficient (Wildman–Crippen LogP) is 3.91. The topological polar surface area (TPSA) is 69.0 Å². The Kier molecular flexibility index (Phi) is 6.90. The molecule has 2 rings (SSSR count). The Bertz CT molecular complexity index is 876. The van der Waals surface area contributed by atoms with Gasteiger partial charge >= 0.3 is 12.4 Å². The molecule has 0 atom stereocenters. The van der Waals surface area contributed by atoms with E-state index in [0.717, 1.165) is 10.8 Å². The summed E-state index contributed by atoms with van der Waals surface area (Å²) in [5, 5.41) is 9.33. The molecule has 0 amide bonds. The number of allylic oxidation sites excluding steroid dienone is 1. The molecule has 13 heteroatoms. The Balaban J connectivity index is 2.31. The number of halogens is 7. The van der Waals surface area contributed by atoms with Gasteiger partial charge in [0.2, 0.25) is 5.78 Å². The van der Waals surface area contributed by atoms with Crippen LogP contribution in [0.4, 0.5) is 26.3 Å². The third-order valence-corrected chi connectivity index (χ3v) is 3.84. The van der Waals surface area contributed by atoms with Gasteiger partial charge in [0.05, 0.1) is 17.7 Å². The largest absolute Gasteiger partial charge is 0.416 e. The lowest BCUT2D eigenvalue weighted by Crippen LogP contribution is -2.13. The van der Waals surface area contributed by atoms with E-state index in [0.29, 0.717) is 12.1 Å². The van der Waals surface area contributed by atoms with Gasteiger partial charge < -0.3 is 10.1 Å². The van der Waals surface area contributed by atoms with Gasteiger partial charge in [-0.3, -0.25) is 4.79 Å². The maximum Gasteiger partial charge on any atom is 0.416 e. The fraction of sp³-hybridized carbons (Fsp3) is 0.312. The van der Waals surface area contributed by atoms with E-state index in [1.807, 2.05) is 0 Å². The first-order valence-electron chi connectivity index (χ1n) is 7.74. The van der Waals surface area contributed by atoms with Gasteiger partial charge in [-0.1, -0.05) is 16.8 Å². The highest BCUT2D eigenvalue weighted by Crippen LogP contribution is 2.36. The summed E-state index contributed by atoms with van der Waals surface area (Å²) in [5.74, 6) is -0.676. The average molecular weight is 443 g/mol. The molecule has 1 aromatic carbocycles. The van der Waals surface area contributed by atoms with Crippen molar-refractivity contribution in [1.82, 2.24) is 20.3 Å². The molecule has 0 radical (unpaired) electrons. The van der Waals surface area contributed by atoms with E-state index in [4.69, 9.17) is 16.3 Å². The van der Waals surface area contributed by atoms with Crippen LogP contribution >= 0.6 is 11.6 Å². The van der Waals surface area contributed by atoms with Crippen LogP contribution in [0.3, 0.4) is 0 Å². The molecule has 0 aliphatic rings. The fourth-order valence-electron chi connectivity index (χ4n) is 2.18. The van der Waals surface area contributed by atoms with Crippen LogP contribution in [-0.2, 0) is 23.6 Å². The molecular weight excluding hydrogens is 430 g/mol. The number of hydrogen-bond acceptors (Lipinski definition) is 5. The molecule has 1 heterocycles. The van der Waals surface area contributed by atoms with Crippen molar-refractivity contribution in [3.8, 4) is 0 Å². The summed E-state index contributed by atoms with van der Waals surface area (Å²) in [4.78, 5) is 12.0. The lowest BCUT2D eigenvalue weighted by molar-refractivity contribution is -0.143. The Hall–Kier alpha value is -2.60. The number of alkyl halides is 6. The Labute approximate surface area is 165 Å². The van der Waals surface area contributed by atoms with Crippen LogP contribution in [0.25, 0.3) is 0 Å². The smallest absolute Gasteiger partial charge is 0.369 e. The summed E-state index contributed by atoms with van der Waals surface area (Å²) in [7, 11) is 1.42. The number of ether oxygens (including phenoxy) is 1. The Morgan fingerprint density at radius 1 is 1.17 bits per heavy atom. The number of carbonyl (C=O) groups excluding carboxylic acids is 1. The third-order valence-electron chi connectivity index (χ3n) is 3.47. The number of benzene rings is 1. The van der Waals surface area contributed by atoms with Crippen molar-refractivity contribution in [3.63, 3.8) is 0 Å². The van der Waals surface area contributed by atoms with Gasteiger partial charge in [0.1, 0.15) is 6.73 Å². The molecule has 0 bridgehead atoms. The first-order valence-corrected chi connectivity index (χ1v) is 8.12. The Morgan fingerprint density at radius 2 is 1.76 bits per heavy atom. The van der Waals surface area contributed by atoms with Gasteiger partial charge in [-0.2, -0.15) is 26.3 Å². The summed E-state index contributed by atoms with van der Waals surface area (Å²) in [6, 6.07) is 1.10. The predicted molar refractivity (Wildman–Crippen MR) is 89.1 cm³/mol. The first kappa shape index (κ1) is 22.7. The fourth-order valence-corrected chi connectivity index (χ4v) is 2.41. The minimum absolute atomic E-state index is 0.0131. The highest BCUT2D eigenvalue weighted by molar-refractivity contribution is 6.33. The van der Waals surface area contributed by atoms with Crippen LogP contribution in [0.2, 0.25) is 5.15 Å². The molecule has 29 heavy (non-hydrogen) atoms. The van der Waals surface area contributed by atoms with E-state index in [1.165, 1.54) is 13.3 Å². The maximum atomic E-state index is 12.9. The van der Waals surface area contributed by atoms with Gasteiger partial charge in [0.15, 0.2) is 10.8 Å². The molecule has 1 N–H and O–H groups in total. The molecule has 0 aliphatic carbocycles. The number of nitrogens with one attached hydrogen (secondary N) is 1. The number of ketones is 1. The van der Waals surface area contributed by atoms with E-state index >= 15 is 0 Å². The van der Waals surface area contributed by atoms with Crippen molar-refractivity contribution >= 4 is 17.4 Å². The third kappa shape index (κ3) is 5.94. The molecule has 0 fully saturated rings. The van der Waals surface area contributed by atoms with Crippen LogP contribution in [-0.4, -0.2) is 34.6 Å². The summed E-state index contributed by atoms with van der Waals surface area (Å²) < 4.78 is 83.2. The molecule has 2 aromatic rings. The van der Waals surface area contributed by atoms with Crippen molar-refractivity contribution in [2.24, 2.45) is 0 Å². The lowest BCUT2D eigenvalue weighted by atomic mass is 10.0. The molecule has 6 nitrogen and oxygen atoms in total. The van der Waals surface area contributed by atoms with E-state index in [9.17, 15) is 31.1 Å². The van der Waals surface area contributed by atoms with E-state index in [2.05, 4.69) is 15.6 Å². The zero-order valence-electron chi connectivity index (χ0n) is 14.6. The van der Waals surface area contributed by atoms with Crippen LogP contribution in [0.15, 0.2) is 30.5 Å². The van der Waals surface area contributed by atoms with Crippen LogP contribution in [0.5, 0.6) is 0 Å². The highest BCUT2D eigenvalue weighted by atomic mass is 35.5. The van der Waals surface area contributed by atoms with E-state index in [-0.39, 0.29) is 29.2 Å². The first-order chi connectivity index (χ1) is 13.4. The average Bonchev–Trinajstić information content (AvgIpc) is 2.97. The number of methoxy groups -OCH3 is 1. The zero-order valence-corrected chi connectivity index (χ0v) is 15.4. The quantitative estimate of drug-likeness (QED) is 0.231. The number of nitrogens with zero attached hydrogens (tertiary/aromatic N) is 3. The summed E-state index contributed by atoms with van der Waals surface area (Å²) in [6.07, 6.45) is -7.65. The van der Waals surface area contributed by atoms with Gasteiger partial charge in [-0.05, 0) is 23.8 Å². The molecular formula is C16H13ClF6N4O2. The maximum absolute atomic E-state index is 12.9. The van der Waals surface area contributed by atoms with Crippen molar-refractivity contribution < 1.29 is 35.9 Å². The van der Waals surface area contributed by atoms with Crippen LogP contribution in [0.1, 0.15) is 27.2 Å². The molecule has 0 unspecified atom stereocenters. The lowest BCUT2D eigenvalue weighted by Gasteiger charge is -2.14. The summed E-state index contributed by atoms with van der Waals surface area (Å²) in [5.41, 5.74) is -3.62. The molecule has 0 saturated heterocycles. The molecule has 158 valence electrons. The number of carbonyl (C=O) groups is 1. The van der Waals surface area contributed by atoms with Gasteiger partial charge in [-0.25, -0.2) is 4.68 Å². The van der Waals surface area contributed by atoms with Gasteiger partial charge in [0.25, 0.3) is 0 Å². The second kappa shape index (κ2) is 8.82. The van der Waals surface area contributed by atoms with Crippen molar-refractivity contribution in [2.45, 2.75) is 18.9 Å². The standard InChI is InChI=1S/C16H13ClF6N4O2/c1-29-8-24-3-2-12(28)13-14(17)27(26-25-13)7-9-4-10(15(18,19)20)6-11(5-9)16(21,22)23/h2-6,24H,7-8H2,1H3. The minimum Gasteiger partial charge on any atom is -0.369 e. The highest BCUT2D eigenvalue weighted by Gasteiger charge is 2.37. The summed E-state index contributed by atoms with van der Waals surface area (Å²) >= 11 is 5.96. The molecule has 0 aliphatic heterocycles. The second-order valence-corrected chi connectivity index (χ2v) is 5.99. The summed E-state index contributed by atoms with van der Waals surface area (Å²) in [6.45, 7) is -0.432. The second-order valence-electron chi connectivity index (χ2n) is 5.64. The molecule has 1 aromatic heterocycles. The number of rotatable bonds is 7. The van der Waals surface area contributed by atoms with E-state index < -0.39 is 35.8 Å². The van der Waals surface area contributed by atoms with Crippen molar-refractivity contribution in [3.05, 3.63) is 58.0 Å². The SMILES string of the molecule is COCNC=CC(=O)c1nnn(Cc2cc(C(F)(F)F)cc(C(F)(F)F)c2)c1Cl. The minimum atomic E-state index is -4.98. The van der Waals surface area contributed by atoms with Gasteiger partial charge in [-0.15, -0.1) is 5.10 Å². The van der Waals surface area contributed by atoms with Crippen molar-refractivity contribution in [1.29, 1.82) is 0 Å². The van der Waals surface area contributed by atoms with Crippen LogP contribution in [0, 0.1) is 0 Å². The zero-order chi connectivity index (χ0) is 21.8. The Morgan fingerprint density at radius 3 is 2.28 bits per heavy atom. The molecule has 0 spiro atoms. The van der Waals surface area contributed by atoms with Crippen LogP contribution < -0.4 is 5.32 Å². The van der Waals surface area contributed by atoms with E-state index in [1.54, 1.807) is 0 Å².